The van der Waals surface area contributed by atoms with E-state index in [1.807, 2.05) is 12.1 Å². The van der Waals surface area contributed by atoms with E-state index >= 15 is 0 Å². The van der Waals surface area contributed by atoms with Crippen molar-refractivity contribution in [3.63, 3.8) is 0 Å². The van der Waals surface area contributed by atoms with Gasteiger partial charge in [0.25, 0.3) is 5.69 Å². The minimum absolute atomic E-state index is 0.00216. The monoisotopic (exact) mass is 335 g/mol. The highest BCUT2D eigenvalue weighted by molar-refractivity contribution is 5.96. The van der Waals surface area contributed by atoms with Gasteiger partial charge in [-0.15, -0.1) is 10.2 Å². The van der Waals surface area contributed by atoms with E-state index in [4.69, 9.17) is 0 Å². The van der Waals surface area contributed by atoms with Crippen molar-refractivity contribution in [2.24, 2.45) is 10.2 Å². The molecule has 3 rings (SSSR count). The number of Topliss-reactive ketones (excluding diaryl/α,β-unsaturated/α-hetero) is 1. The molecule has 0 aliphatic heterocycles. The number of nitrogens with zero attached hydrogens (tertiary/aromatic N) is 3. The molecule has 7 heteroatoms. The number of fused-ring (bicyclic) bond motifs is 1. The van der Waals surface area contributed by atoms with Gasteiger partial charge in [0.2, 0.25) is 0 Å². The summed E-state index contributed by atoms with van der Waals surface area (Å²) in [6, 6.07) is 14.5. The Morgan fingerprint density at radius 1 is 1.08 bits per heavy atom. The van der Waals surface area contributed by atoms with Crippen molar-refractivity contribution in [2.75, 3.05) is 0 Å². The van der Waals surface area contributed by atoms with Crippen LogP contribution in [0.15, 0.2) is 64.8 Å². The van der Waals surface area contributed by atoms with Gasteiger partial charge in [-0.05, 0) is 30.5 Å². The van der Waals surface area contributed by atoms with Crippen LogP contribution in [0.4, 0.5) is 17.1 Å². The summed E-state index contributed by atoms with van der Waals surface area (Å²) in [7, 11) is 0. The fraction of sp³-hybridized carbons (Fsp3) is 0.0556. The Morgan fingerprint density at radius 3 is 2.56 bits per heavy atom. The van der Waals surface area contributed by atoms with Gasteiger partial charge in [0.15, 0.2) is 11.5 Å². The van der Waals surface area contributed by atoms with Gasteiger partial charge in [-0.25, -0.2) is 0 Å². The third-order valence-corrected chi connectivity index (χ3v) is 3.72. The topological polar surface area (TPSA) is 105 Å². The number of hydrogen-bond donors (Lipinski definition) is 1. The summed E-state index contributed by atoms with van der Waals surface area (Å²) in [6.45, 7) is 1.33. The first kappa shape index (κ1) is 16.3. The van der Waals surface area contributed by atoms with Gasteiger partial charge < -0.3 is 5.11 Å². The number of phenols is 1. The summed E-state index contributed by atoms with van der Waals surface area (Å²) < 4.78 is 0. The Morgan fingerprint density at radius 2 is 1.84 bits per heavy atom. The lowest BCUT2D eigenvalue weighted by molar-refractivity contribution is -0.384. The number of nitro groups is 1. The van der Waals surface area contributed by atoms with Crippen LogP contribution in [0.1, 0.15) is 17.3 Å². The first-order chi connectivity index (χ1) is 12.0. The third-order valence-electron chi connectivity index (χ3n) is 3.72. The highest BCUT2D eigenvalue weighted by Gasteiger charge is 2.16. The van der Waals surface area contributed by atoms with Crippen LogP contribution in [0.3, 0.4) is 0 Å². The molecule has 0 radical (unpaired) electrons. The van der Waals surface area contributed by atoms with Crippen LogP contribution in [-0.4, -0.2) is 15.8 Å². The Balaban J connectivity index is 2.10. The van der Waals surface area contributed by atoms with Crippen LogP contribution < -0.4 is 0 Å². The summed E-state index contributed by atoms with van der Waals surface area (Å²) in [4.78, 5) is 22.0. The van der Waals surface area contributed by atoms with Gasteiger partial charge in [0, 0.05) is 17.0 Å². The number of aromatic hydroxyl groups is 1. The zero-order valence-electron chi connectivity index (χ0n) is 13.2. The maximum atomic E-state index is 11.4. The average Bonchev–Trinajstić information content (AvgIpc) is 2.60. The van der Waals surface area contributed by atoms with E-state index < -0.39 is 4.92 Å². The number of nitro benzene ring substituents is 1. The SMILES string of the molecule is CC(=O)c1ccc(N=Nc2c(O)ccc3ccccc23)c([N+](=O)[O-])c1. The highest BCUT2D eigenvalue weighted by Crippen LogP contribution is 2.37. The molecule has 0 fully saturated rings. The molecule has 124 valence electrons. The van der Waals surface area contributed by atoms with E-state index in [9.17, 15) is 20.0 Å². The standard InChI is InChI=1S/C18H13N3O4/c1-11(22)13-6-8-15(16(10-13)21(24)25)19-20-18-14-5-3-2-4-12(14)7-9-17(18)23/h2-10,23H,1H3. The molecule has 3 aromatic rings. The van der Waals surface area contributed by atoms with Gasteiger partial charge in [-0.1, -0.05) is 30.3 Å². The third kappa shape index (κ3) is 3.20. The first-order valence-corrected chi connectivity index (χ1v) is 7.39. The molecule has 0 saturated carbocycles. The predicted molar refractivity (Wildman–Crippen MR) is 92.9 cm³/mol. The Bertz CT molecular complexity index is 1030. The number of phenolic OH excluding ortho intramolecular Hbond substituents is 1. The summed E-state index contributed by atoms with van der Waals surface area (Å²) in [5.74, 6) is -0.358. The quantitative estimate of drug-likeness (QED) is 0.311. The van der Waals surface area contributed by atoms with Crippen LogP contribution in [0.25, 0.3) is 10.8 Å². The zero-order valence-corrected chi connectivity index (χ0v) is 13.2. The summed E-state index contributed by atoms with van der Waals surface area (Å²) in [6.07, 6.45) is 0. The van der Waals surface area contributed by atoms with E-state index in [1.165, 1.54) is 31.2 Å². The lowest BCUT2D eigenvalue weighted by atomic mass is 10.1. The number of carbonyl (C=O) groups excluding carboxylic acids is 1. The Kier molecular flexibility index (Phi) is 4.21. The summed E-state index contributed by atoms with van der Waals surface area (Å²) in [5.41, 5.74) is 0.125. The molecule has 0 aromatic heterocycles. The fourth-order valence-electron chi connectivity index (χ4n) is 2.43. The number of rotatable bonds is 4. The van der Waals surface area contributed by atoms with E-state index in [0.717, 1.165) is 5.39 Å². The minimum Gasteiger partial charge on any atom is -0.506 e. The summed E-state index contributed by atoms with van der Waals surface area (Å²) in [5, 5.41) is 30.7. The molecule has 0 atom stereocenters. The van der Waals surface area contributed by atoms with Crippen molar-refractivity contribution < 1.29 is 14.8 Å². The lowest BCUT2D eigenvalue weighted by Gasteiger charge is -2.04. The Hall–Kier alpha value is -3.61. The summed E-state index contributed by atoms with van der Waals surface area (Å²) >= 11 is 0. The maximum Gasteiger partial charge on any atom is 0.297 e. The van der Waals surface area contributed by atoms with Crippen LogP contribution >= 0.6 is 0 Å². The average molecular weight is 335 g/mol. The second-order valence-corrected chi connectivity index (χ2v) is 5.37. The molecule has 0 aliphatic carbocycles. The number of azo groups is 1. The molecule has 0 spiro atoms. The van der Waals surface area contributed by atoms with Gasteiger partial charge in [0.1, 0.15) is 11.4 Å². The van der Waals surface area contributed by atoms with Crippen molar-refractivity contribution in [1.82, 2.24) is 0 Å². The van der Waals surface area contributed by atoms with Crippen molar-refractivity contribution in [2.45, 2.75) is 6.92 Å². The van der Waals surface area contributed by atoms with Gasteiger partial charge in [-0.2, -0.15) is 0 Å². The molecule has 0 saturated heterocycles. The van der Waals surface area contributed by atoms with Crippen LogP contribution in [0.5, 0.6) is 5.75 Å². The highest BCUT2D eigenvalue weighted by atomic mass is 16.6. The van der Waals surface area contributed by atoms with Gasteiger partial charge in [-0.3, -0.25) is 14.9 Å². The van der Waals surface area contributed by atoms with Crippen molar-refractivity contribution >= 4 is 33.6 Å². The van der Waals surface area contributed by atoms with Crippen molar-refractivity contribution in [1.29, 1.82) is 0 Å². The van der Waals surface area contributed by atoms with E-state index in [1.54, 1.807) is 18.2 Å². The van der Waals surface area contributed by atoms with E-state index in [0.29, 0.717) is 5.39 Å². The lowest BCUT2D eigenvalue weighted by Crippen LogP contribution is -1.95. The molecule has 0 amide bonds. The molecule has 25 heavy (non-hydrogen) atoms. The smallest absolute Gasteiger partial charge is 0.297 e. The second-order valence-electron chi connectivity index (χ2n) is 5.37. The van der Waals surface area contributed by atoms with Crippen LogP contribution in [0.2, 0.25) is 0 Å². The van der Waals surface area contributed by atoms with Crippen molar-refractivity contribution in [3.8, 4) is 5.75 Å². The second kappa shape index (κ2) is 6.48. The molecule has 0 heterocycles. The number of hydrogen-bond acceptors (Lipinski definition) is 6. The molecule has 0 bridgehead atoms. The molecule has 0 aliphatic rings. The zero-order chi connectivity index (χ0) is 18.0. The molecule has 1 N–H and O–H groups in total. The number of ketones is 1. The predicted octanol–water partition coefficient (Wildman–Crippen LogP) is 5.07. The Labute approximate surface area is 142 Å². The maximum absolute atomic E-state index is 11.4. The first-order valence-electron chi connectivity index (χ1n) is 7.39. The van der Waals surface area contributed by atoms with Gasteiger partial charge in [0.05, 0.1) is 4.92 Å². The van der Waals surface area contributed by atoms with Crippen LogP contribution in [0, 0.1) is 10.1 Å². The van der Waals surface area contributed by atoms with E-state index in [-0.39, 0.29) is 34.2 Å². The van der Waals surface area contributed by atoms with Crippen LogP contribution in [-0.2, 0) is 0 Å². The molecule has 7 nitrogen and oxygen atoms in total. The van der Waals surface area contributed by atoms with E-state index in [2.05, 4.69) is 10.2 Å². The molecular formula is C18H13N3O4. The number of benzene rings is 3. The number of carbonyl (C=O) groups is 1. The normalized spacial score (nSPS) is 11.1. The van der Waals surface area contributed by atoms with Crippen molar-refractivity contribution in [3.05, 3.63) is 70.3 Å². The van der Waals surface area contributed by atoms with Gasteiger partial charge >= 0.3 is 0 Å². The largest absolute Gasteiger partial charge is 0.506 e. The molecule has 3 aromatic carbocycles. The molecular weight excluding hydrogens is 322 g/mol. The molecule has 0 unspecified atom stereocenters. The fourth-order valence-corrected chi connectivity index (χ4v) is 2.43. The minimum atomic E-state index is -0.621.